The number of nitrogens with zero attached hydrogens (tertiary/aromatic N) is 2. The van der Waals surface area contributed by atoms with Gasteiger partial charge < -0.3 is 20.1 Å². The summed E-state index contributed by atoms with van der Waals surface area (Å²) < 4.78 is 8.88. The molecule has 0 saturated heterocycles. The first-order valence-electron chi connectivity index (χ1n) is 6.09. The Morgan fingerprint density at radius 2 is 1.52 bits per heavy atom. The van der Waals surface area contributed by atoms with Crippen molar-refractivity contribution >= 4 is 13.5 Å². The number of nitrogens with one attached hydrogen (secondary N) is 1. The number of nitrogens with two attached hydrogens (primary N) is 1. The van der Waals surface area contributed by atoms with Crippen LogP contribution < -0.4 is 11.3 Å². The van der Waals surface area contributed by atoms with Crippen LogP contribution in [0.2, 0.25) is 0 Å². The fraction of sp³-hybridized carbons (Fsp3) is 0. The maximum atomic E-state index is 9.20. The van der Waals surface area contributed by atoms with Crippen LogP contribution in [0.4, 0.5) is 5.69 Å². The highest BCUT2D eigenvalue weighted by Gasteiger charge is 2.11. The zero-order chi connectivity index (χ0) is 17.5. The molecule has 0 aromatic heterocycles. The highest BCUT2D eigenvalue weighted by molar-refractivity contribution is 7.45. The van der Waals surface area contributed by atoms with E-state index >= 15 is 0 Å². The second kappa shape index (κ2) is 8.06. The normalized spacial score (nSPS) is 9.83. The van der Waals surface area contributed by atoms with Crippen LogP contribution in [0.15, 0.2) is 42.5 Å². The van der Waals surface area contributed by atoms with E-state index in [0.717, 1.165) is 5.56 Å². The average Bonchev–Trinajstić information content (AvgIpc) is 2.52. The summed E-state index contributed by atoms with van der Waals surface area (Å²) in [5.74, 6) is 5.45. The number of hydrogen-bond acceptors (Lipinski definition) is 5. The van der Waals surface area contributed by atoms with Gasteiger partial charge in [-0.25, -0.2) is 4.57 Å². The Morgan fingerprint density at radius 1 is 0.957 bits per heavy atom. The predicted molar refractivity (Wildman–Crippen MR) is 83.4 cm³/mol. The Kier molecular flexibility index (Phi) is 6.43. The van der Waals surface area contributed by atoms with Crippen LogP contribution >= 0.6 is 7.82 Å². The third-order valence-electron chi connectivity index (χ3n) is 2.67. The third kappa shape index (κ3) is 5.53. The molecule has 0 aliphatic rings. The molecule has 118 valence electrons. The molecule has 2 rings (SSSR count). The standard InChI is InChI=1S/C14H10N4.H3O4P/c15-8-10-4-3-6-11(13(10)9-16)12-5-1-2-7-14(12)18-17;1-5(2,3)4/h1-7,18H,17H2;(H3,1,2,3,4). The van der Waals surface area contributed by atoms with Gasteiger partial charge in [0.15, 0.2) is 0 Å². The molecule has 0 bridgehead atoms. The molecule has 0 fully saturated rings. The van der Waals surface area contributed by atoms with Crippen molar-refractivity contribution in [1.29, 1.82) is 10.5 Å². The van der Waals surface area contributed by atoms with Crippen LogP contribution in [-0.2, 0) is 4.57 Å². The van der Waals surface area contributed by atoms with Gasteiger partial charge in [0.25, 0.3) is 0 Å². The van der Waals surface area contributed by atoms with E-state index in [4.69, 9.17) is 30.3 Å². The second-order valence-corrected chi connectivity index (χ2v) is 5.18. The van der Waals surface area contributed by atoms with Gasteiger partial charge in [-0.05, 0) is 12.1 Å². The number of hydrogen-bond donors (Lipinski definition) is 5. The lowest BCUT2D eigenvalue weighted by atomic mass is 9.95. The van der Waals surface area contributed by atoms with Crippen molar-refractivity contribution in [3.05, 3.63) is 53.6 Å². The van der Waals surface area contributed by atoms with Crippen molar-refractivity contribution < 1.29 is 19.2 Å². The number of nitrogen functional groups attached to an aromatic ring is 1. The van der Waals surface area contributed by atoms with Crippen molar-refractivity contribution in [3.8, 4) is 23.3 Å². The molecule has 0 aliphatic carbocycles. The van der Waals surface area contributed by atoms with Crippen LogP contribution in [-0.4, -0.2) is 14.7 Å². The minimum atomic E-state index is -4.64. The van der Waals surface area contributed by atoms with Crippen molar-refractivity contribution in [2.45, 2.75) is 0 Å². The Hall–Kier alpha value is -2.71. The lowest BCUT2D eigenvalue weighted by Gasteiger charge is -2.10. The largest absolute Gasteiger partial charge is 0.466 e. The van der Waals surface area contributed by atoms with E-state index in [-0.39, 0.29) is 0 Å². The van der Waals surface area contributed by atoms with E-state index in [9.17, 15) is 5.26 Å². The van der Waals surface area contributed by atoms with Crippen LogP contribution in [0.25, 0.3) is 11.1 Å². The Bertz CT molecular complexity index is 812. The molecule has 2 aromatic rings. The average molecular weight is 332 g/mol. The molecule has 0 spiro atoms. The first-order valence-corrected chi connectivity index (χ1v) is 7.65. The summed E-state index contributed by atoms with van der Waals surface area (Å²) in [4.78, 5) is 21.6. The molecule has 2 aromatic carbocycles. The van der Waals surface area contributed by atoms with Gasteiger partial charge >= 0.3 is 7.82 Å². The van der Waals surface area contributed by atoms with E-state index in [2.05, 4.69) is 11.5 Å². The van der Waals surface area contributed by atoms with E-state index in [1.54, 1.807) is 18.2 Å². The van der Waals surface area contributed by atoms with Gasteiger partial charge in [0, 0.05) is 11.1 Å². The van der Waals surface area contributed by atoms with Crippen molar-refractivity contribution in [1.82, 2.24) is 0 Å². The molecule has 9 heteroatoms. The maximum Gasteiger partial charge on any atom is 0.466 e. The zero-order valence-electron chi connectivity index (χ0n) is 11.7. The van der Waals surface area contributed by atoms with Crippen molar-refractivity contribution in [2.24, 2.45) is 5.84 Å². The smallest absolute Gasteiger partial charge is 0.324 e. The lowest BCUT2D eigenvalue weighted by molar-refractivity contribution is 0.275. The third-order valence-corrected chi connectivity index (χ3v) is 2.67. The van der Waals surface area contributed by atoms with E-state index < -0.39 is 7.82 Å². The van der Waals surface area contributed by atoms with Crippen molar-refractivity contribution in [3.63, 3.8) is 0 Å². The molecular formula is C14H13N4O4P. The number of anilines is 1. The SMILES string of the molecule is N#Cc1cccc(-c2ccccc2NN)c1C#N.O=P(O)(O)O. The molecule has 6 N–H and O–H groups in total. The van der Waals surface area contributed by atoms with Crippen molar-refractivity contribution in [2.75, 3.05) is 5.43 Å². The van der Waals surface area contributed by atoms with Gasteiger partial charge in [0.05, 0.1) is 16.8 Å². The molecule has 0 heterocycles. The Balaban J connectivity index is 0.000000463. The highest BCUT2D eigenvalue weighted by atomic mass is 31.2. The first kappa shape index (κ1) is 18.3. The molecular weight excluding hydrogens is 319 g/mol. The fourth-order valence-corrected chi connectivity index (χ4v) is 1.83. The van der Waals surface area contributed by atoms with Crippen LogP contribution in [0, 0.1) is 22.7 Å². The zero-order valence-corrected chi connectivity index (χ0v) is 12.6. The topological polar surface area (TPSA) is 163 Å². The minimum absolute atomic E-state index is 0.363. The highest BCUT2D eigenvalue weighted by Crippen LogP contribution is 2.31. The summed E-state index contributed by atoms with van der Waals surface area (Å²) >= 11 is 0. The predicted octanol–water partition coefficient (Wildman–Crippen LogP) is 1.45. The molecule has 0 saturated carbocycles. The number of rotatable bonds is 2. The summed E-state index contributed by atoms with van der Waals surface area (Å²) in [6, 6.07) is 16.6. The summed E-state index contributed by atoms with van der Waals surface area (Å²) in [6.45, 7) is 0. The number of hydrazine groups is 1. The summed E-state index contributed by atoms with van der Waals surface area (Å²) in [5, 5.41) is 18.2. The number of para-hydroxylation sites is 1. The molecule has 0 radical (unpaired) electrons. The van der Waals surface area contributed by atoms with Gasteiger partial charge in [-0.3, -0.25) is 5.84 Å². The Morgan fingerprint density at radius 3 is 2.04 bits per heavy atom. The van der Waals surface area contributed by atoms with Gasteiger partial charge in [-0.15, -0.1) is 0 Å². The molecule has 0 unspecified atom stereocenters. The molecule has 0 aliphatic heterocycles. The van der Waals surface area contributed by atoms with Gasteiger partial charge in [0.2, 0.25) is 0 Å². The first-order chi connectivity index (χ1) is 10.8. The van der Waals surface area contributed by atoms with Crippen LogP contribution in [0.3, 0.4) is 0 Å². The van der Waals surface area contributed by atoms with Crippen LogP contribution in [0.1, 0.15) is 11.1 Å². The number of benzene rings is 2. The monoisotopic (exact) mass is 332 g/mol. The summed E-state index contributed by atoms with van der Waals surface area (Å²) in [5.41, 5.74) is 5.53. The molecule has 0 atom stereocenters. The van der Waals surface area contributed by atoms with Gasteiger partial charge in [-0.2, -0.15) is 10.5 Å². The molecule has 23 heavy (non-hydrogen) atoms. The van der Waals surface area contributed by atoms with E-state index in [0.29, 0.717) is 22.4 Å². The number of nitriles is 2. The number of phosphoric acid groups is 1. The summed E-state index contributed by atoms with van der Waals surface area (Å²) in [7, 11) is -4.64. The van der Waals surface area contributed by atoms with Crippen LogP contribution in [0.5, 0.6) is 0 Å². The second-order valence-electron chi connectivity index (χ2n) is 4.15. The Labute approximate surface area is 132 Å². The van der Waals surface area contributed by atoms with Gasteiger partial charge in [0.1, 0.15) is 12.1 Å². The quantitative estimate of drug-likeness (QED) is 0.313. The van der Waals surface area contributed by atoms with E-state index in [1.807, 2.05) is 30.3 Å². The molecule has 0 amide bonds. The van der Waals surface area contributed by atoms with Gasteiger partial charge in [-0.1, -0.05) is 30.3 Å². The fourth-order valence-electron chi connectivity index (χ4n) is 1.83. The lowest BCUT2D eigenvalue weighted by Crippen LogP contribution is -2.08. The maximum absolute atomic E-state index is 9.20. The molecule has 8 nitrogen and oxygen atoms in total. The summed E-state index contributed by atoms with van der Waals surface area (Å²) in [6.07, 6.45) is 0. The van der Waals surface area contributed by atoms with E-state index in [1.165, 1.54) is 0 Å². The minimum Gasteiger partial charge on any atom is -0.324 e.